The van der Waals surface area contributed by atoms with Gasteiger partial charge in [0.2, 0.25) is 0 Å². The molecule has 0 spiro atoms. The molecule has 2 atom stereocenters. The van der Waals surface area contributed by atoms with Crippen LogP contribution in [0.2, 0.25) is 0 Å². The van der Waals surface area contributed by atoms with Gasteiger partial charge >= 0.3 is 12.1 Å². The van der Waals surface area contributed by atoms with Crippen LogP contribution in [0.4, 0.5) is 4.79 Å². The molecule has 0 saturated carbocycles. The summed E-state index contributed by atoms with van der Waals surface area (Å²) in [5.41, 5.74) is 5.53. The lowest BCUT2D eigenvalue weighted by Gasteiger charge is -2.42. The van der Waals surface area contributed by atoms with Gasteiger partial charge in [0.15, 0.2) is 0 Å². The van der Waals surface area contributed by atoms with Gasteiger partial charge in [0.05, 0.1) is 26.7 Å². The van der Waals surface area contributed by atoms with E-state index in [2.05, 4.69) is 15.6 Å². The van der Waals surface area contributed by atoms with E-state index >= 15 is 0 Å². The van der Waals surface area contributed by atoms with Gasteiger partial charge in [-0.1, -0.05) is 42.3 Å². The number of fused-ring (bicyclic) bond motifs is 2. The zero-order chi connectivity index (χ0) is 39.9. The molecule has 2 heterocycles. The first-order chi connectivity index (χ1) is 26.1. The summed E-state index contributed by atoms with van der Waals surface area (Å²) in [5, 5.41) is 11.3. The summed E-state index contributed by atoms with van der Waals surface area (Å²) in [5.74, 6) is 0.366. The van der Waals surface area contributed by atoms with Crippen molar-refractivity contribution < 1.29 is 37.6 Å². The zero-order valence-electron chi connectivity index (χ0n) is 33.4. The molecule has 2 unspecified atom stereocenters. The summed E-state index contributed by atoms with van der Waals surface area (Å²) in [6.07, 6.45) is 3.99. The number of carbonyl (C=O) groups is 2. The zero-order valence-corrected chi connectivity index (χ0v) is 34.2. The molecule has 14 heteroatoms. The lowest BCUT2D eigenvalue weighted by atomic mass is 9.86. The Kier molecular flexibility index (Phi) is 13.7. The predicted octanol–water partition coefficient (Wildman–Crippen LogP) is 8.31. The smallest absolute Gasteiger partial charge is 0.407 e. The minimum Gasteiger partial charge on any atom is -0.494 e. The third-order valence-corrected chi connectivity index (χ3v) is 11.5. The third-order valence-electron chi connectivity index (χ3n) is 9.62. The van der Waals surface area contributed by atoms with Gasteiger partial charge < -0.3 is 24.3 Å². The standard InChI is InChI=1S/C41H57N5O8S/c1-9-52-38(47)24-33(31-22-34-39(36(23-31)51-8)45(7)44-43-34)30-17-15-27(2)32(21-30)26-46-25-28(3)53-35-20-29(16-18-37(35)55(46,49)50)14-12-10-11-13-19-42-40(48)54-41(4,5)6/h15-18,20-23,28,33,49-50H,9-14,19,24-26H2,1-8H3,(H,42,48). The van der Waals surface area contributed by atoms with Gasteiger partial charge in [-0.25, -0.2) is 9.48 Å². The molecule has 4 aromatic rings. The van der Waals surface area contributed by atoms with Crippen molar-refractivity contribution in [2.24, 2.45) is 7.05 Å². The molecule has 1 aromatic heterocycles. The van der Waals surface area contributed by atoms with Gasteiger partial charge in [-0.2, -0.15) is 4.31 Å². The highest BCUT2D eigenvalue weighted by Gasteiger charge is 2.34. The summed E-state index contributed by atoms with van der Waals surface area (Å²) >= 11 is 0. The average molecular weight is 780 g/mol. The van der Waals surface area contributed by atoms with Crippen LogP contribution in [-0.4, -0.2) is 79.0 Å². The Morgan fingerprint density at radius 1 is 1.05 bits per heavy atom. The van der Waals surface area contributed by atoms with Crippen molar-refractivity contribution in [3.05, 3.63) is 76.3 Å². The number of hydrogen-bond donors (Lipinski definition) is 3. The molecular formula is C41H57N5O8S. The molecule has 0 saturated heterocycles. The molecule has 55 heavy (non-hydrogen) atoms. The fraction of sp³-hybridized carbons (Fsp3) is 0.512. The highest BCUT2D eigenvalue weighted by Crippen LogP contribution is 2.57. The maximum Gasteiger partial charge on any atom is 0.407 e. The van der Waals surface area contributed by atoms with Crippen molar-refractivity contribution in [1.29, 1.82) is 0 Å². The van der Waals surface area contributed by atoms with E-state index in [0.717, 1.165) is 65.4 Å². The second-order valence-corrected chi connectivity index (χ2v) is 17.2. The van der Waals surface area contributed by atoms with Crippen molar-refractivity contribution >= 4 is 33.9 Å². The van der Waals surface area contributed by atoms with Crippen molar-refractivity contribution in [3.8, 4) is 11.5 Å². The van der Waals surface area contributed by atoms with Crippen molar-refractivity contribution in [2.45, 2.75) is 109 Å². The topological polar surface area (TPSA) is 158 Å². The summed E-state index contributed by atoms with van der Waals surface area (Å²) in [4.78, 5) is 25.2. The van der Waals surface area contributed by atoms with Crippen molar-refractivity contribution in [1.82, 2.24) is 24.6 Å². The van der Waals surface area contributed by atoms with Crippen LogP contribution < -0.4 is 14.8 Å². The molecule has 3 aromatic carbocycles. The van der Waals surface area contributed by atoms with Gasteiger partial charge in [0.25, 0.3) is 0 Å². The lowest BCUT2D eigenvalue weighted by molar-refractivity contribution is -0.143. The number of benzene rings is 3. The third kappa shape index (κ3) is 10.7. The second kappa shape index (κ2) is 18.1. The number of aryl methyl sites for hydroxylation is 3. The number of methoxy groups -OCH3 is 1. The first-order valence-corrected chi connectivity index (χ1v) is 20.5. The number of nitrogens with zero attached hydrogens (tertiary/aromatic N) is 4. The SMILES string of the molecule is CCOC(=O)CC(c1ccc(C)c(CN2CC(C)Oc3cc(CCCCCCNC(=O)OC(C)(C)C)ccc3S2(O)O)c1)c1cc(OC)c2c(c1)nnn2C. The van der Waals surface area contributed by atoms with Crippen LogP contribution in [0.3, 0.4) is 0 Å². The van der Waals surface area contributed by atoms with Crippen LogP contribution in [-0.2, 0) is 34.3 Å². The van der Waals surface area contributed by atoms with Crippen molar-refractivity contribution in [2.75, 3.05) is 26.8 Å². The normalized spacial score (nSPS) is 16.7. The summed E-state index contributed by atoms with van der Waals surface area (Å²) < 4.78 is 49.8. The van der Waals surface area contributed by atoms with Gasteiger partial charge in [0.1, 0.15) is 39.1 Å². The number of rotatable bonds is 15. The molecule has 5 rings (SSSR count). The minimum absolute atomic E-state index is 0.0933. The number of nitrogens with one attached hydrogen (secondary N) is 1. The van der Waals surface area contributed by atoms with E-state index in [9.17, 15) is 18.7 Å². The monoisotopic (exact) mass is 779 g/mol. The average Bonchev–Trinajstić information content (AvgIpc) is 3.46. The predicted molar refractivity (Wildman–Crippen MR) is 214 cm³/mol. The number of aromatic nitrogens is 3. The van der Waals surface area contributed by atoms with Gasteiger partial charge in [-0.15, -0.1) is 15.9 Å². The fourth-order valence-electron chi connectivity index (χ4n) is 6.89. The largest absolute Gasteiger partial charge is 0.494 e. The summed E-state index contributed by atoms with van der Waals surface area (Å²) in [6, 6.07) is 15.5. The van der Waals surface area contributed by atoms with Crippen LogP contribution in [0, 0.1) is 6.92 Å². The second-order valence-electron chi connectivity index (χ2n) is 15.2. The Morgan fingerprint density at radius 2 is 1.82 bits per heavy atom. The quantitative estimate of drug-likeness (QED) is 0.0788. The number of amides is 1. The Hall–Kier alpha value is -4.37. The molecule has 0 fully saturated rings. The van der Waals surface area contributed by atoms with Crippen molar-refractivity contribution in [3.63, 3.8) is 0 Å². The number of unbranched alkanes of at least 4 members (excludes halogenated alkanes) is 3. The van der Waals surface area contributed by atoms with Crippen LogP contribution in [0.15, 0.2) is 53.4 Å². The van der Waals surface area contributed by atoms with Gasteiger partial charge in [-0.3, -0.25) is 13.9 Å². The molecule has 1 aliphatic heterocycles. The molecular weight excluding hydrogens is 723 g/mol. The Balaban J connectivity index is 1.31. The van der Waals surface area contributed by atoms with E-state index in [1.165, 1.54) is 0 Å². The van der Waals surface area contributed by atoms with Crippen LogP contribution in [0.1, 0.15) is 100 Å². The molecule has 3 N–H and O–H groups in total. The lowest BCUT2D eigenvalue weighted by Crippen LogP contribution is -2.33. The molecule has 1 aliphatic rings. The highest BCUT2D eigenvalue weighted by atomic mass is 32.3. The van der Waals surface area contributed by atoms with E-state index in [4.69, 9.17) is 18.9 Å². The minimum atomic E-state index is -3.43. The van der Waals surface area contributed by atoms with Crippen LogP contribution in [0.5, 0.6) is 11.5 Å². The van der Waals surface area contributed by atoms with E-state index < -0.39 is 28.4 Å². The number of esters is 1. The number of hydrogen-bond acceptors (Lipinski definition) is 11. The molecule has 13 nitrogen and oxygen atoms in total. The number of carbonyl (C=O) groups excluding carboxylic acids is 2. The number of alkyl carbamates (subject to hydrolysis) is 1. The molecule has 0 radical (unpaired) electrons. The Morgan fingerprint density at radius 3 is 2.55 bits per heavy atom. The Labute approximate surface area is 326 Å². The molecule has 1 amide bonds. The summed E-state index contributed by atoms with van der Waals surface area (Å²) in [6.45, 7) is 12.6. The number of ether oxygens (including phenoxy) is 4. The maximum atomic E-state index is 13.0. The highest BCUT2D eigenvalue weighted by molar-refractivity contribution is 8.22. The molecule has 0 aliphatic carbocycles. The molecule has 300 valence electrons. The van der Waals surface area contributed by atoms with E-state index in [0.29, 0.717) is 35.0 Å². The van der Waals surface area contributed by atoms with E-state index in [1.54, 1.807) is 36.1 Å². The summed E-state index contributed by atoms with van der Waals surface area (Å²) in [7, 11) is -0.0275. The van der Waals surface area contributed by atoms with Gasteiger partial charge in [0, 0.05) is 26.1 Å². The first kappa shape index (κ1) is 41.8. The van der Waals surface area contributed by atoms with E-state index in [1.807, 2.05) is 77.1 Å². The van der Waals surface area contributed by atoms with Crippen LogP contribution >= 0.6 is 10.8 Å². The first-order valence-electron chi connectivity index (χ1n) is 19.0. The maximum absolute atomic E-state index is 13.0. The van der Waals surface area contributed by atoms with Crippen LogP contribution in [0.25, 0.3) is 11.0 Å². The van der Waals surface area contributed by atoms with E-state index in [-0.39, 0.29) is 31.6 Å². The fourth-order valence-corrected chi connectivity index (χ4v) is 8.53. The molecule has 0 bridgehead atoms. The van der Waals surface area contributed by atoms with Gasteiger partial charge in [-0.05, 0) is 113 Å². The Bertz CT molecular complexity index is 1960.